The van der Waals surface area contributed by atoms with Crippen LogP contribution in [0.15, 0.2) is 23.1 Å². The highest BCUT2D eigenvalue weighted by Gasteiger charge is 2.21. The number of carbonyl (C=O) groups excluding carboxylic acids is 1. The van der Waals surface area contributed by atoms with Crippen molar-refractivity contribution in [2.45, 2.75) is 31.2 Å². The molecule has 1 rings (SSSR count). The van der Waals surface area contributed by atoms with Gasteiger partial charge in [-0.05, 0) is 31.5 Å². The standard InChI is InChI=1S/C12H17FN2O3S/c1-4-8(2)15(3)12(16)10-7-9(19(14,17)18)5-6-11(10)13/h5-8H,4H2,1-3H3,(H2,14,17,18). The first kappa shape index (κ1) is 15.6. The number of nitrogens with zero attached hydrogens (tertiary/aromatic N) is 1. The zero-order valence-electron chi connectivity index (χ0n) is 11.1. The van der Waals surface area contributed by atoms with Gasteiger partial charge in [-0.25, -0.2) is 17.9 Å². The molecular weight excluding hydrogens is 271 g/mol. The lowest BCUT2D eigenvalue weighted by molar-refractivity contribution is 0.0735. The molecule has 0 saturated carbocycles. The monoisotopic (exact) mass is 288 g/mol. The van der Waals surface area contributed by atoms with E-state index in [1.165, 1.54) is 4.90 Å². The van der Waals surface area contributed by atoms with Gasteiger partial charge in [0.15, 0.2) is 0 Å². The minimum Gasteiger partial charge on any atom is -0.339 e. The molecule has 0 radical (unpaired) electrons. The summed E-state index contributed by atoms with van der Waals surface area (Å²) >= 11 is 0. The topological polar surface area (TPSA) is 80.5 Å². The van der Waals surface area contributed by atoms with Crippen LogP contribution in [0.25, 0.3) is 0 Å². The highest BCUT2D eigenvalue weighted by molar-refractivity contribution is 7.89. The van der Waals surface area contributed by atoms with Gasteiger partial charge in [-0.3, -0.25) is 4.79 Å². The number of hydrogen-bond acceptors (Lipinski definition) is 3. The number of nitrogens with two attached hydrogens (primary N) is 1. The number of carbonyl (C=O) groups is 1. The van der Waals surface area contributed by atoms with Crippen molar-refractivity contribution in [3.63, 3.8) is 0 Å². The quantitative estimate of drug-likeness (QED) is 0.908. The van der Waals surface area contributed by atoms with Crippen molar-refractivity contribution in [3.8, 4) is 0 Å². The third-order valence-electron chi connectivity index (χ3n) is 3.07. The summed E-state index contributed by atoms with van der Waals surface area (Å²) in [6, 6.07) is 2.85. The van der Waals surface area contributed by atoms with E-state index in [1.807, 2.05) is 13.8 Å². The van der Waals surface area contributed by atoms with E-state index in [4.69, 9.17) is 5.14 Å². The molecule has 1 amide bonds. The first-order valence-corrected chi connectivity index (χ1v) is 7.32. The average Bonchev–Trinajstić information content (AvgIpc) is 2.35. The molecule has 0 spiro atoms. The third-order valence-corrected chi connectivity index (χ3v) is 3.98. The molecule has 0 saturated heterocycles. The van der Waals surface area contributed by atoms with E-state index in [1.54, 1.807) is 7.05 Å². The van der Waals surface area contributed by atoms with Crippen molar-refractivity contribution in [2.75, 3.05) is 7.05 Å². The van der Waals surface area contributed by atoms with Gasteiger partial charge in [0.05, 0.1) is 10.5 Å². The number of benzene rings is 1. The Morgan fingerprint density at radius 1 is 1.47 bits per heavy atom. The Labute approximate surface area is 112 Å². The third kappa shape index (κ3) is 3.51. The maximum absolute atomic E-state index is 13.7. The van der Waals surface area contributed by atoms with Gasteiger partial charge in [-0.2, -0.15) is 0 Å². The maximum atomic E-state index is 13.7. The Balaban J connectivity index is 3.24. The van der Waals surface area contributed by atoms with E-state index < -0.39 is 21.7 Å². The smallest absolute Gasteiger partial charge is 0.256 e. The zero-order chi connectivity index (χ0) is 14.8. The van der Waals surface area contributed by atoms with E-state index in [-0.39, 0.29) is 16.5 Å². The van der Waals surface area contributed by atoms with Crippen LogP contribution < -0.4 is 5.14 Å². The molecule has 0 fully saturated rings. The summed E-state index contributed by atoms with van der Waals surface area (Å²) in [6.45, 7) is 3.71. The van der Waals surface area contributed by atoms with Gasteiger partial charge in [0, 0.05) is 13.1 Å². The molecule has 106 valence electrons. The molecule has 0 bridgehead atoms. The molecule has 5 nitrogen and oxygen atoms in total. The molecule has 19 heavy (non-hydrogen) atoms. The molecule has 1 unspecified atom stereocenters. The van der Waals surface area contributed by atoms with E-state index >= 15 is 0 Å². The van der Waals surface area contributed by atoms with Gasteiger partial charge in [0.2, 0.25) is 10.0 Å². The summed E-state index contributed by atoms with van der Waals surface area (Å²) in [4.78, 5) is 13.2. The summed E-state index contributed by atoms with van der Waals surface area (Å²) in [7, 11) is -2.42. The van der Waals surface area contributed by atoms with Crippen molar-refractivity contribution in [2.24, 2.45) is 5.14 Å². The Morgan fingerprint density at radius 3 is 2.53 bits per heavy atom. The minimum absolute atomic E-state index is 0.0787. The lowest BCUT2D eigenvalue weighted by atomic mass is 10.1. The summed E-state index contributed by atoms with van der Waals surface area (Å²) in [5.41, 5.74) is -0.297. The van der Waals surface area contributed by atoms with Crippen LogP contribution in [-0.2, 0) is 10.0 Å². The second-order valence-electron chi connectivity index (χ2n) is 4.36. The second-order valence-corrected chi connectivity index (χ2v) is 5.92. The summed E-state index contributed by atoms with van der Waals surface area (Å²) in [5.74, 6) is -1.34. The van der Waals surface area contributed by atoms with Crippen LogP contribution in [-0.4, -0.2) is 32.3 Å². The van der Waals surface area contributed by atoms with Gasteiger partial charge in [-0.15, -0.1) is 0 Å². The number of amides is 1. The van der Waals surface area contributed by atoms with Gasteiger partial charge in [0.25, 0.3) is 5.91 Å². The first-order valence-electron chi connectivity index (χ1n) is 5.78. The van der Waals surface area contributed by atoms with Crippen LogP contribution in [0.2, 0.25) is 0 Å². The SMILES string of the molecule is CCC(C)N(C)C(=O)c1cc(S(N)(=O)=O)ccc1F. The number of sulfonamides is 1. The molecule has 1 aromatic rings. The fraction of sp³-hybridized carbons (Fsp3) is 0.417. The van der Waals surface area contributed by atoms with Crippen molar-refractivity contribution in [1.29, 1.82) is 0 Å². The Hall–Kier alpha value is -1.47. The predicted octanol–water partition coefficient (Wildman–Crippen LogP) is 1.34. The lowest BCUT2D eigenvalue weighted by Crippen LogP contribution is -2.35. The average molecular weight is 288 g/mol. The molecule has 2 N–H and O–H groups in total. The van der Waals surface area contributed by atoms with Crippen molar-refractivity contribution >= 4 is 15.9 Å². The van der Waals surface area contributed by atoms with Gasteiger partial charge in [-0.1, -0.05) is 6.92 Å². The van der Waals surface area contributed by atoms with Gasteiger partial charge >= 0.3 is 0 Å². The normalized spacial score (nSPS) is 13.1. The molecule has 1 aromatic carbocycles. The number of hydrogen-bond donors (Lipinski definition) is 1. The molecule has 7 heteroatoms. The predicted molar refractivity (Wildman–Crippen MR) is 69.6 cm³/mol. The van der Waals surface area contributed by atoms with E-state index in [0.29, 0.717) is 6.42 Å². The fourth-order valence-corrected chi connectivity index (χ4v) is 2.05. The first-order chi connectivity index (χ1) is 8.68. The zero-order valence-corrected chi connectivity index (χ0v) is 11.9. The van der Waals surface area contributed by atoms with Gasteiger partial charge in [0.1, 0.15) is 5.82 Å². The molecule has 0 aliphatic carbocycles. The van der Waals surface area contributed by atoms with Crippen LogP contribution in [0.4, 0.5) is 4.39 Å². The minimum atomic E-state index is -3.96. The molecule has 0 aliphatic heterocycles. The van der Waals surface area contributed by atoms with Crippen LogP contribution in [0, 0.1) is 5.82 Å². The van der Waals surface area contributed by atoms with Crippen LogP contribution in [0.3, 0.4) is 0 Å². The van der Waals surface area contributed by atoms with Crippen LogP contribution >= 0.6 is 0 Å². The fourth-order valence-electron chi connectivity index (χ4n) is 1.51. The summed E-state index contributed by atoms with van der Waals surface area (Å²) in [5, 5.41) is 4.96. The number of halogens is 1. The van der Waals surface area contributed by atoms with Crippen LogP contribution in [0.1, 0.15) is 30.6 Å². The van der Waals surface area contributed by atoms with Crippen molar-refractivity contribution < 1.29 is 17.6 Å². The Bertz CT molecular complexity index is 587. The van der Waals surface area contributed by atoms with Crippen molar-refractivity contribution in [1.82, 2.24) is 4.90 Å². The van der Waals surface area contributed by atoms with E-state index in [0.717, 1.165) is 18.2 Å². The Morgan fingerprint density at radius 2 is 2.05 bits per heavy atom. The van der Waals surface area contributed by atoms with E-state index in [9.17, 15) is 17.6 Å². The second kappa shape index (κ2) is 5.66. The van der Waals surface area contributed by atoms with Crippen LogP contribution in [0.5, 0.6) is 0 Å². The summed E-state index contributed by atoms with van der Waals surface area (Å²) in [6.07, 6.45) is 0.707. The molecule has 0 aromatic heterocycles. The Kier molecular flexibility index (Phi) is 4.65. The van der Waals surface area contributed by atoms with E-state index in [2.05, 4.69) is 0 Å². The lowest BCUT2D eigenvalue weighted by Gasteiger charge is -2.24. The molecular formula is C12H17FN2O3S. The maximum Gasteiger partial charge on any atom is 0.256 e. The summed E-state index contributed by atoms with van der Waals surface area (Å²) < 4.78 is 36.1. The van der Waals surface area contributed by atoms with Gasteiger partial charge < -0.3 is 4.90 Å². The van der Waals surface area contributed by atoms with Crippen molar-refractivity contribution in [3.05, 3.63) is 29.6 Å². The molecule has 0 aliphatic rings. The highest BCUT2D eigenvalue weighted by Crippen LogP contribution is 2.17. The number of primary sulfonamides is 1. The highest BCUT2D eigenvalue weighted by atomic mass is 32.2. The molecule has 1 atom stereocenters. The molecule has 0 heterocycles. The largest absolute Gasteiger partial charge is 0.339 e. The number of rotatable bonds is 4.